The topological polar surface area (TPSA) is 69.6 Å². The van der Waals surface area contributed by atoms with Crippen molar-refractivity contribution in [2.24, 2.45) is 0 Å². The second-order valence-electron chi connectivity index (χ2n) is 22.9. The van der Waals surface area contributed by atoms with Crippen LogP contribution >= 0.6 is 0 Å². The van der Waals surface area contributed by atoms with Gasteiger partial charge in [-0.3, -0.25) is 4.79 Å². The van der Waals surface area contributed by atoms with E-state index in [2.05, 4.69) is 19.2 Å². The Morgan fingerprint density at radius 3 is 0.652 bits per heavy atom. The van der Waals surface area contributed by atoms with Gasteiger partial charge in [-0.15, -0.1) is 0 Å². The van der Waals surface area contributed by atoms with Crippen molar-refractivity contribution in [3.63, 3.8) is 0 Å². The smallest absolute Gasteiger partial charge is 0.220 e. The van der Waals surface area contributed by atoms with Gasteiger partial charge >= 0.3 is 0 Å². The van der Waals surface area contributed by atoms with Crippen LogP contribution in [0.5, 0.6) is 0 Å². The molecule has 0 aliphatic carbocycles. The summed E-state index contributed by atoms with van der Waals surface area (Å²) in [5.74, 6) is -0.0214. The largest absolute Gasteiger partial charge is 0.394 e. The van der Waals surface area contributed by atoms with Crippen molar-refractivity contribution >= 4 is 5.91 Å². The molecule has 0 radical (unpaired) electrons. The van der Waals surface area contributed by atoms with Crippen LogP contribution in [0, 0.1) is 0 Å². The van der Waals surface area contributed by atoms with Crippen LogP contribution in [0.15, 0.2) is 0 Å². The highest BCUT2D eigenvalue weighted by Gasteiger charge is 2.20. The van der Waals surface area contributed by atoms with E-state index in [-0.39, 0.29) is 12.5 Å². The summed E-state index contributed by atoms with van der Waals surface area (Å²) in [5.41, 5.74) is 0. The summed E-state index contributed by atoms with van der Waals surface area (Å²) in [6.07, 6.45) is 80.1. The third kappa shape index (κ3) is 58.2. The van der Waals surface area contributed by atoms with E-state index in [0.29, 0.717) is 12.8 Å². The lowest BCUT2D eigenvalue weighted by Gasteiger charge is -2.22. The molecule has 2 atom stereocenters. The Balaban J connectivity index is 3.30. The number of amides is 1. The molecule has 0 aromatic rings. The van der Waals surface area contributed by atoms with E-state index in [4.69, 9.17) is 0 Å². The number of carbonyl (C=O) groups is 1. The first-order valence-electron chi connectivity index (χ1n) is 32.7. The summed E-state index contributed by atoms with van der Waals surface area (Å²) in [5, 5.41) is 23.3. The van der Waals surface area contributed by atoms with Gasteiger partial charge in [0.05, 0.1) is 18.8 Å². The van der Waals surface area contributed by atoms with Crippen LogP contribution < -0.4 is 5.32 Å². The zero-order chi connectivity index (χ0) is 49.9. The molecular weight excluding hydrogens is 843 g/mol. The molecule has 0 saturated heterocycles. The van der Waals surface area contributed by atoms with Crippen LogP contribution in [0.4, 0.5) is 0 Å². The average Bonchev–Trinajstić information content (AvgIpc) is 3.35. The fourth-order valence-corrected chi connectivity index (χ4v) is 10.9. The fourth-order valence-electron chi connectivity index (χ4n) is 10.9. The van der Waals surface area contributed by atoms with Crippen LogP contribution in [0.2, 0.25) is 0 Å². The molecule has 0 aromatic heterocycles. The third-order valence-corrected chi connectivity index (χ3v) is 15.9. The number of nitrogens with one attached hydrogen (secondary N) is 1. The third-order valence-electron chi connectivity index (χ3n) is 15.9. The number of hydrogen-bond donors (Lipinski definition) is 3. The van der Waals surface area contributed by atoms with Crippen molar-refractivity contribution in [3.8, 4) is 0 Å². The Morgan fingerprint density at radius 1 is 0.290 bits per heavy atom. The first-order valence-corrected chi connectivity index (χ1v) is 32.7. The Morgan fingerprint density at radius 2 is 0.464 bits per heavy atom. The van der Waals surface area contributed by atoms with Gasteiger partial charge in [-0.2, -0.15) is 0 Å². The van der Waals surface area contributed by atoms with E-state index in [0.717, 1.165) is 25.7 Å². The molecule has 0 spiro atoms. The van der Waals surface area contributed by atoms with Crippen molar-refractivity contribution < 1.29 is 15.0 Å². The van der Waals surface area contributed by atoms with Gasteiger partial charge in [0.15, 0.2) is 0 Å². The molecule has 0 aliphatic heterocycles. The average molecular weight is 975 g/mol. The highest BCUT2D eigenvalue weighted by molar-refractivity contribution is 5.76. The molecule has 414 valence electrons. The lowest BCUT2D eigenvalue weighted by molar-refractivity contribution is -0.123. The monoisotopic (exact) mass is 974 g/mol. The molecule has 0 aliphatic rings. The maximum Gasteiger partial charge on any atom is 0.220 e. The fraction of sp³-hybridized carbons (Fsp3) is 0.985. The van der Waals surface area contributed by atoms with Crippen molar-refractivity contribution in [3.05, 3.63) is 0 Å². The second-order valence-corrected chi connectivity index (χ2v) is 22.9. The van der Waals surface area contributed by atoms with Gasteiger partial charge in [0, 0.05) is 6.42 Å². The van der Waals surface area contributed by atoms with Crippen molar-refractivity contribution in [2.75, 3.05) is 6.61 Å². The van der Waals surface area contributed by atoms with Gasteiger partial charge < -0.3 is 15.5 Å². The lowest BCUT2D eigenvalue weighted by Crippen LogP contribution is -2.45. The zero-order valence-corrected chi connectivity index (χ0v) is 47.9. The molecule has 4 nitrogen and oxygen atoms in total. The van der Waals surface area contributed by atoms with E-state index >= 15 is 0 Å². The van der Waals surface area contributed by atoms with Crippen LogP contribution in [-0.2, 0) is 4.79 Å². The lowest BCUT2D eigenvalue weighted by atomic mass is 10.0. The number of hydrogen-bond acceptors (Lipinski definition) is 3. The number of aliphatic hydroxyl groups is 2. The maximum atomic E-state index is 12.5. The summed E-state index contributed by atoms with van der Waals surface area (Å²) in [6.45, 7) is 4.41. The summed E-state index contributed by atoms with van der Waals surface area (Å²) < 4.78 is 0. The standard InChI is InChI=1S/C65H131NO3/c1-3-5-7-9-11-13-15-17-19-21-22-23-24-25-26-27-28-29-30-31-32-33-34-35-36-37-38-39-40-41-42-43-44-45-47-49-51-53-55-57-59-61-65(69)66-63(62-67)64(68)60-58-56-54-52-50-48-46-20-18-16-14-12-10-8-6-4-2/h63-64,67-68H,3-62H2,1-2H3,(H,66,69). The van der Waals surface area contributed by atoms with Crippen LogP contribution in [0.1, 0.15) is 393 Å². The summed E-state index contributed by atoms with van der Waals surface area (Å²) >= 11 is 0. The molecule has 2 unspecified atom stereocenters. The first kappa shape index (κ1) is 68.4. The molecule has 1 amide bonds. The Kier molecular flexibility index (Phi) is 61.1. The van der Waals surface area contributed by atoms with Gasteiger partial charge in [0.25, 0.3) is 0 Å². The minimum Gasteiger partial charge on any atom is -0.394 e. The molecule has 4 heteroatoms. The van der Waals surface area contributed by atoms with Gasteiger partial charge in [0.1, 0.15) is 0 Å². The second kappa shape index (κ2) is 61.7. The van der Waals surface area contributed by atoms with Crippen LogP contribution in [0.25, 0.3) is 0 Å². The van der Waals surface area contributed by atoms with Gasteiger partial charge in [-0.05, 0) is 12.8 Å². The van der Waals surface area contributed by atoms with Crippen molar-refractivity contribution in [1.82, 2.24) is 5.32 Å². The molecule has 0 rings (SSSR count). The molecule has 3 N–H and O–H groups in total. The highest BCUT2D eigenvalue weighted by Crippen LogP contribution is 2.20. The molecular formula is C65H131NO3. The number of aliphatic hydroxyl groups excluding tert-OH is 2. The maximum absolute atomic E-state index is 12.5. The number of carbonyl (C=O) groups excluding carboxylic acids is 1. The zero-order valence-electron chi connectivity index (χ0n) is 47.9. The normalized spacial score (nSPS) is 12.6. The van der Waals surface area contributed by atoms with Gasteiger partial charge in [-0.25, -0.2) is 0 Å². The molecule has 0 fully saturated rings. The molecule has 0 aromatic carbocycles. The highest BCUT2D eigenvalue weighted by atomic mass is 16.3. The first-order chi connectivity index (χ1) is 34.2. The summed E-state index contributed by atoms with van der Waals surface area (Å²) in [7, 11) is 0. The summed E-state index contributed by atoms with van der Waals surface area (Å²) in [4.78, 5) is 12.5. The number of unbranched alkanes of at least 4 members (excludes halogenated alkanes) is 55. The van der Waals surface area contributed by atoms with E-state index in [9.17, 15) is 15.0 Å². The van der Waals surface area contributed by atoms with Crippen LogP contribution in [0.3, 0.4) is 0 Å². The van der Waals surface area contributed by atoms with Gasteiger partial charge in [0.2, 0.25) is 5.91 Å². The minimum atomic E-state index is -0.655. The molecule has 0 bridgehead atoms. The predicted octanol–water partition coefficient (Wildman–Crippen LogP) is 21.9. The SMILES string of the molecule is CCCCCCCCCCCCCCCCCCCCCCCCCCCCCCCCCCCCCCCCCCCC(=O)NC(CO)C(O)CCCCCCCCCCCCCCCCCC. The Hall–Kier alpha value is -0.610. The minimum absolute atomic E-state index is 0.0214. The van der Waals surface area contributed by atoms with E-state index < -0.39 is 12.1 Å². The van der Waals surface area contributed by atoms with Gasteiger partial charge in [-0.1, -0.05) is 373 Å². The Bertz CT molecular complexity index is 925. The van der Waals surface area contributed by atoms with E-state index in [1.807, 2.05) is 0 Å². The van der Waals surface area contributed by atoms with Crippen molar-refractivity contribution in [1.29, 1.82) is 0 Å². The number of rotatable bonds is 62. The van der Waals surface area contributed by atoms with Crippen molar-refractivity contribution in [2.45, 2.75) is 405 Å². The van der Waals surface area contributed by atoms with E-state index in [1.54, 1.807) is 0 Å². The molecule has 69 heavy (non-hydrogen) atoms. The van der Waals surface area contributed by atoms with Crippen LogP contribution in [-0.4, -0.2) is 34.9 Å². The Labute approximate surface area is 435 Å². The van der Waals surface area contributed by atoms with E-state index in [1.165, 1.54) is 340 Å². The quantitative estimate of drug-likeness (QED) is 0.0532. The summed E-state index contributed by atoms with van der Waals surface area (Å²) in [6, 6.07) is -0.531. The molecule has 0 heterocycles. The predicted molar refractivity (Wildman–Crippen MR) is 309 cm³/mol. The molecule has 0 saturated carbocycles.